The first kappa shape index (κ1) is 14.3. The Hall–Kier alpha value is -2.63. The highest BCUT2D eigenvalue weighted by Gasteiger charge is 2.26. The Balaban J connectivity index is 1.77. The molecule has 3 rings (SSSR count). The van der Waals surface area contributed by atoms with E-state index >= 15 is 0 Å². The molecule has 0 saturated carbocycles. The van der Waals surface area contributed by atoms with Gasteiger partial charge in [-0.1, -0.05) is 17.3 Å². The molecule has 0 fully saturated rings. The number of carbonyl (C=O) groups excluding carboxylic acids is 2. The van der Waals surface area contributed by atoms with E-state index in [-0.39, 0.29) is 18.4 Å². The summed E-state index contributed by atoms with van der Waals surface area (Å²) >= 11 is 0. The second-order valence-electron chi connectivity index (χ2n) is 5.35. The fraction of sp³-hybridized carbons (Fsp3) is 0.312. The first-order chi connectivity index (χ1) is 10.6. The van der Waals surface area contributed by atoms with Crippen molar-refractivity contribution in [3.05, 3.63) is 41.3 Å². The second-order valence-corrected chi connectivity index (χ2v) is 5.35. The number of nitrogens with one attached hydrogen (secondary N) is 1. The number of nitrogens with zero attached hydrogens (tertiary/aromatic N) is 2. The van der Waals surface area contributed by atoms with Gasteiger partial charge in [0.05, 0.1) is 17.1 Å². The third kappa shape index (κ3) is 2.59. The molecule has 6 heteroatoms. The number of aryl methyl sites for hydroxylation is 2. The fourth-order valence-electron chi connectivity index (χ4n) is 2.68. The molecule has 0 spiro atoms. The van der Waals surface area contributed by atoms with Crippen molar-refractivity contribution in [3.8, 4) is 0 Å². The van der Waals surface area contributed by atoms with Gasteiger partial charge in [0.25, 0.3) is 0 Å². The summed E-state index contributed by atoms with van der Waals surface area (Å²) < 4.78 is 5.11. The van der Waals surface area contributed by atoms with Crippen LogP contribution in [0.5, 0.6) is 0 Å². The third-order valence-corrected chi connectivity index (χ3v) is 3.84. The lowest BCUT2D eigenvalue weighted by Gasteiger charge is -2.29. The predicted molar refractivity (Wildman–Crippen MR) is 81.7 cm³/mol. The van der Waals surface area contributed by atoms with Crippen LogP contribution in [-0.2, 0) is 16.0 Å². The number of rotatable bonds is 3. The van der Waals surface area contributed by atoms with Gasteiger partial charge in [0, 0.05) is 12.0 Å². The number of para-hydroxylation sites is 2. The third-order valence-electron chi connectivity index (χ3n) is 3.84. The van der Waals surface area contributed by atoms with E-state index in [0.717, 1.165) is 22.7 Å². The van der Waals surface area contributed by atoms with Crippen molar-refractivity contribution in [1.29, 1.82) is 0 Å². The average molecular weight is 299 g/mol. The molecule has 1 aliphatic heterocycles. The van der Waals surface area contributed by atoms with Crippen molar-refractivity contribution >= 4 is 23.2 Å². The Kier molecular flexibility index (Phi) is 3.66. The topological polar surface area (TPSA) is 75.4 Å². The molecule has 6 nitrogen and oxygen atoms in total. The molecule has 1 aromatic carbocycles. The lowest BCUT2D eigenvalue weighted by molar-refractivity contribution is -0.121. The molecule has 2 amide bonds. The second kappa shape index (κ2) is 5.63. The molecule has 1 N–H and O–H groups in total. The predicted octanol–water partition coefficient (Wildman–Crippen LogP) is 2.21. The highest BCUT2D eigenvalue weighted by Crippen LogP contribution is 2.29. The van der Waals surface area contributed by atoms with E-state index in [4.69, 9.17) is 4.52 Å². The maximum Gasteiger partial charge on any atom is 0.244 e. The first-order valence-electron chi connectivity index (χ1n) is 7.17. The zero-order valence-corrected chi connectivity index (χ0v) is 12.5. The van der Waals surface area contributed by atoms with Gasteiger partial charge in [-0.25, -0.2) is 0 Å². The Morgan fingerprint density at radius 2 is 2.14 bits per heavy atom. The van der Waals surface area contributed by atoms with Gasteiger partial charge < -0.3 is 14.7 Å². The van der Waals surface area contributed by atoms with Crippen LogP contribution < -0.4 is 10.2 Å². The lowest BCUT2D eigenvalue weighted by atomic mass is 10.1. The molecule has 0 saturated heterocycles. The number of benzene rings is 1. The van der Waals surface area contributed by atoms with E-state index in [2.05, 4.69) is 10.5 Å². The Bertz CT molecular complexity index is 716. The number of aromatic nitrogens is 1. The lowest BCUT2D eigenvalue weighted by Crippen LogP contribution is -2.42. The van der Waals surface area contributed by atoms with E-state index in [9.17, 15) is 9.59 Å². The van der Waals surface area contributed by atoms with Crippen molar-refractivity contribution in [1.82, 2.24) is 5.16 Å². The molecule has 0 aliphatic carbocycles. The van der Waals surface area contributed by atoms with Crippen molar-refractivity contribution in [3.63, 3.8) is 0 Å². The normalized spacial score (nSPS) is 13.7. The van der Waals surface area contributed by atoms with E-state index in [1.165, 1.54) is 4.90 Å². The minimum atomic E-state index is -0.176. The maximum atomic E-state index is 12.5. The number of hydrogen-bond donors (Lipinski definition) is 1. The Morgan fingerprint density at radius 3 is 2.86 bits per heavy atom. The van der Waals surface area contributed by atoms with Crippen LogP contribution in [0.2, 0.25) is 0 Å². The molecule has 0 bridgehead atoms. The first-order valence-corrected chi connectivity index (χ1v) is 7.17. The number of fused-ring (bicyclic) bond motifs is 1. The summed E-state index contributed by atoms with van der Waals surface area (Å²) in [5, 5.41) is 6.67. The minimum Gasteiger partial charge on any atom is -0.361 e. The van der Waals surface area contributed by atoms with Gasteiger partial charge >= 0.3 is 0 Å². The molecule has 114 valence electrons. The van der Waals surface area contributed by atoms with Crippen LogP contribution in [0.1, 0.15) is 23.4 Å². The highest BCUT2D eigenvalue weighted by atomic mass is 16.5. The smallest absolute Gasteiger partial charge is 0.244 e. The van der Waals surface area contributed by atoms with Gasteiger partial charge in [0.15, 0.2) is 0 Å². The fourth-order valence-corrected chi connectivity index (χ4v) is 2.68. The van der Waals surface area contributed by atoms with Crippen molar-refractivity contribution < 1.29 is 14.1 Å². The van der Waals surface area contributed by atoms with Crippen LogP contribution >= 0.6 is 0 Å². The summed E-state index contributed by atoms with van der Waals surface area (Å²) in [6, 6.07) is 7.31. The van der Waals surface area contributed by atoms with Gasteiger partial charge in [0.1, 0.15) is 12.3 Å². The molecule has 2 heterocycles. The van der Waals surface area contributed by atoms with Crippen LogP contribution in [0.4, 0.5) is 11.4 Å². The number of anilines is 2. The molecular weight excluding hydrogens is 282 g/mol. The van der Waals surface area contributed by atoms with Gasteiger partial charge in [-0.2, -0.15) is 0 Å². The van der Waals surface area contributed by atoms with Gasteiger partial charge in [-0.05, 0) is 32.4 Å². The summed E-state index contributed by atoms with van der Waals surface area (Å²) in [6.45, 7) is 3.75. The summed E-state index contributed by atoms with van der Waals surface area (Å²) in [5.74, 6) is 0.480. The van der Waals surface area contributed by atoms with E-state index in [0.29, 0.717) is 18.5 Å². The standard InChI is InChI=1S/C16H17N3O3/c1-10-12(11(2)22-18-10)7-8-16(21)19-9-15(20)17-13-5-3-4-6-14(13)19/h3-6H,7-9H2,1-2H3,(H,17,20). The number of carbonyl (C=O) groups is 2. The summed E-state index contributed by atoms with van der Waals surface area (Å²) in [4.78, 5) is 25.8. The average Bonchev–Trinajstić information content (AvgIpc) is 2.82. The summed E-state index contributed by atoms with van der Waals surface area (Å²) in [7, 11) is 0. The van der Waals surface area contributed by atoms with Crippen molar-refractivity contribution in [2.45, 2.75) is 26.7 Å². The van der Waals surface area contributed by atoms with E-state index in [1.54, 1.807) is 6.07 Å². The van der Waals surface area contributed by atoms with Crippen LogP contribution in [0.25, 0.3) is 0 Å². The SMILES string of the molecule is Cc1noc(C)c1CCC(=O)N1CC(=O)Nc2ccccc21. The molecule has 0 radical (unpaired) electrons. The zero-order valence-electron chi connectivity index (χ0n) is 12.5. The van der Waals surface area contributed by atoms with Gasteiger partial charge in [-0.15, -0.1) is 0 Å². The monoisotopic (exact) mass is 299 g/mol. The molecule has 2 aromatic rings. The van der Waals surface area contributed by atoms with Crippen molar-refractivity contribution in [2.24, 2.45) is 0 Å². The molecule has 1 aromatic heterocycles. The molecule has 1 aliphatic rings. The summed E-state index contributed by atoms with van der Waals surface area (Å²) in [5.41, 5.74) is 3.18. The molecule has 0 atom stereocenters. The molecular formula is C16H17N3O3. The van der Waals surface area contributed by atoms with Crippen LogP contribution in [0.3, 0.4) is 0 Å². The minimum absolute atomic E-state index is 0.0530. The number of amides is 2. The summed E-state index contributed by atoms with van der Waals surface area (Å²) in [6.07, 6.45) is 0.866. The molecule has 22 heavy (non-hydrogen) atoms. The van der Waals surface area contributed by atoms with E-state index in [1.807, 2.05) is 32.0 Å². The van der Waals surface area contributed by atoms with Crippen LogP contribution in [-0.4, -0.2) is 23.5 Å². The molecule has 0 unspecified atom stereocenters. The Morgan fingerprint density at radius 1 is 1.36 bits per heavy atom. The van der Waals surface area contributed by atoms with Crippen molar-refractivity contribution in [2.75, 3.05) is 16.8 Å². The zero-order chi connectivity index (χ0) is 15.7. The van der Waals surface area contributed by atoms with Gasteiger partial charge in [-0.3, -0.25) is 9.59 Å². The quantitative estimate of drug-likeness (QED) is 0.942. The maximum absolute atomic E-state index is 12.5. The van der Waals surface area contributed by atoms with Gasteiger partial charge in [0.2, 0.25) is 11.8 Å². The number of hydrogen-bond acceptors (Lipinski definition) is 4. The van der Waals surface area contributed by atoms with E-state index < -0.39 is 0 Å². The Labute approximate surface area is 128 Å². The van der Waals surface area contributed by atoms with Crippen LogP contribution in [0.15, 0.2) is 28.8 Å². The largest absolute Gasteiger partial charge is 0.361 e. The van der Waals surface area contributed by atoms with Crippen LogP contribution in [0, 0.1) is 13.8 Å². The highest BCUT2D eigenvalue weighted by molar-refractivity contribution is 6.09.